The van der Waals surface area contributed by atoms with Gasteiger partial charge in [-0.05, 0) is 12.1 Å². The lowest BCUT2D eigenvalue weighted by atomic mass is 9.76. The first-order valence-electron chi connectivity index (χ1n) is 6.94. The van der Waals surface area contributed by atoms with Crippen LogP contribution in [0.1, 0.15) is 38.1 Å². The number of benzene rings is 1. The molecule has 0 fully saturated rings. The van der Waals surface area contributed by atoms with Gasteiger partial charge in [0.2, 0.25) is 0 Å². The molecule has 1 unspecified atom stereocenters. The van der Waals surface area contributed by atoms with Gasteiger partial charge in [0.25, 0.3) is 0 Å². The van der Waals surface area contributed by atoms with Crippen LogP contribution in [0.2, 0.25) is 5.02 Å². The maximum absolute atomic E-state index is 6.35. The summed E-state index contributed by atoms with van der Waals surface area (Å²) in [6.45, 7) is 7.46. The molecule has 1 aromatic heterocycles. The number of hydrogen-bond donors (Lipinski definition) is 1. The number of halogens is 1. The van der Waals surface area contributed by atoms with Gasteiger partial charge in [-0.25, -0.2) is 0 Å². The summed E-state index contributed by atoms with van der Waals surface area (Å²) >= 11 is 6.35. The van der Waals surface area contributed by atoms with Crippen molar-refractivity contribution in [2.75, 3.05) is 6.54 Å². The molecule has 0 saturated heterocycles. The molecule has 0 bridgehead atoms. The minimum atomic E-state index is -0.0886. The van der Waals surface area contributed by atoms with Crippen LogP contribution in [0.25, 0.3) is 0 Å². The predicted molar refractivity (Wildman–Crippen MR) is 84.1 cm³/mol. The molecule has 0 amide bonds. The van der Waals surface area contributed by atoms with Gasteiger partial charge >= 0.3 is 0 Å². The van der Waals surface area contributed by atoms with Crippen molar-refractivity contribution < 1.29 is 0 Å². The monoisotopic (exact) mass is 291 g/mol. The summed E-state index contributed by atoms with van der Waals surface area (Å²) in [6, 6.07) is 10.6. The molecule has 0 aliphatic rings. The third-order valence-corrected chi connectivity index (χ3v) is 4.15. The van der Waals surface area contributed by atoms with E-state index in [1.54, 1.807) is 6.20 Å². The molecule has 0 aliphatic heterocycles. The van der Waals surface area contributed by atoms with Crippen LogP contribution in [-0.4, -0.2) is 16.3 Å². The fourth-order valence-corrected chi connectivity index (χ4v) is 2.95. The average Bonchev–Trinajstić information content (AvgIpc) is 2.76. The average molecular weight is 292 g/mol. The minimum absolute atomic E-state index is 0.0886. The third kappa shape index (κ3) is 2.74. The van der Waals surface area contributed by atoms with Gasteiger partial charge in [0.05, 0.1) is 23.0 Å². The molecule has 1 atom stereocenters. The van der Waals surface area contributed by atoms with Crippen LogP contribution in [0.5, 0.6) is 0 Å². The van der Waals surface area contributed by atoms with Crippen LogP contribution >= 0.6 is 11.6 Å². The van der Waals surface area contributed by atoms with Crippen LogP contribution < -0.4 is 5.32 Å². The third-order valence-electron chi connectivity index (χ3n) is 3.86. The van der Waals surface area contributed by atoms with E-state index >= 15 is 0 Å². The Bertz CT molecular complexity index is 541. The highest BCUT2D eigenvalue weighted by Crippen LogP contribution is 2.39. The standard InChI is InChI=1S/C16H22ClN3/c1-5-18-15(14-13(17)11-19-20(14)4)16(2,3)12-9-7-6-8-10-12/h6-11,15,18H,5H2,1-4H3. The zero-order chi connectivity index (χ0) is 14.8. The lowest BCUT2D eigenvalue weighted by Gasteiger charge is -2.36. The van der Waals surface area contributed by atoms with E-state index in [1.807, 2.05) is 17.8 Å². The van der Waals surface area contributed by atoms with Gasteiger partial charge in [-0.15, -0.1) is 0 Å². The summed E-state index contributed by atoms with van der Waals surface area (Å²) in [5, 5.41) is 8.54. The van der Waals surface area contributed by atoms with Crippen molar-refractivity contribution >= 4 is 11.6 Å². The normalized spacial score (nSPS) is 13.4. The largest absolute Gasteiger partial charge is 0.308 e. The highest BCUT2D eigenvalue weighted by molar-refractivity contribution is 6.31. The van der Waals surface area contributed by atoms with Crippen LogP contribution in [0.15, 0.2) is 36.5 Å². The number of aryl methyl sites for hydroxylation is 1. The lowest BCUT2D eigenvalue weighted by Crippen LogP contribution is -2.38. The van der Waals surface area contributed by atoms with Gasteiger partial charge in [-0.1, -0.05) is 62.7 Å². The molecule has 0 spiro atoms. The maximum Gasteiger partial charge on any atom is 0.0834 e. The molecule has 108 valence electrons. The lowest BCUT2D eigenvalue weighted by molar-refractivity contribution is 0.337. The first kappa shape index (κ1) is 15.1. The molecule has 1 aromatic carbocycles. The van der Waals surface area contributed by atoms with Crippen molar-refractivity contribution in [2.45, 2.75) is 32.2 Å². The van der Waals surface area contributed by atoms with Gasteiger partial charge < -0.3 is 5.32 Å². The Morgan fingerprint density at radius 3 is 2.45 bits per heavy atom. The molecule has 2 rings (SSSR count). The van der Waals surface area contributed by atoms with Gasteiger partial charge in [0.1, 0.15) is 0 Å². The van der Waals surface area contributed by atoms with Crippen molar-refractivity contribution in [1.29, 1.82) is 0 Å². The second kappa shape index (κ2) is 5.98. The molecule has 1 heterocycles. The Morgan fingerprint density at radius 1 is 1.30 bits per heavy atom. The molecule has 0 radical (unpaired) electrons. The van der Waals surface area contributed by atoms with Gasteiger partial charge in [0.15, 0.2) is 0 Å². The Hall–Kier alpha value is -1.32. The fraction of sp³-hybridized carbons (Fsp3) is 0.438. The van der Waals surface area contributed by atoms with E-state index in [0.717, 1.165) is 12.2 Å². The van der Waals surface area contributed by atoms with Crippen molar-refractivity contribution in [3.05, 3.63) is 52.8 Å². The summed E-state index contributed by atoms with van der Waals surface area (Å²) in [7, 11) is 1.94. The van der Waals surface area contributed by atoms with Crippen LogP contribution in [-0.2, 0) is 12.5 Å². The van der Waals surface area contributed by atoms with Gasteiger partial charge in [0, 0.05) is 12.5 Å². The minimum Gasteiger partial charge on any atom is -0.308 e. The zero-order valence-corrected chi connectivity index (χ0v) is 13.3. The molecular formula is C16H22ClN3. The Labute approximate surface area is 126 Å². The topological polar surface area (TPSA) is 29.9 Å². The second-order valence-electron chi connectivity index (χ2n) is 5.58. The Balaban J connectivity index is 2.48. The molecule has 0 saturated carbocycles. The van der Waals surface area contributed by atoms with Crippen LogP contribution in [0.4, 0.5) is 0 Å². The van der Waals surface area contributed by atoms with Crippen molar-refractivity contribution in [3.8, 4) is 0 Å². The summed E-state index contributed by atoms with van der Waals surface area (Å²) < 4.78 is 1.86. The van der Waals surface area contributed by atoms with E-state index in [4.69, 9.17) is 11.6 Å². The molecular weight excluding hydrogens is 270 g/mol. The molecule has 2 aromatic rings. The van der Waals surface area contributed by atoms with E-state index in [2.05, 4.69) is 55.5 Å². The first-order valence-corrected chi connectivity index (χ1v) is 7.32. The Kier molecular flexibility index (Phi) is 4.51. The van der Waals surface area contributed by atoms with Crippen LogP contribution in [0.3, 0.4) is 0 Å². The Morgan fingerprint density at radius 2 is 1.95 bits per heavy atom. The molecule has 20 heavy (non-hydrogen) atoms. The van der Waals surface area contributed by atoms with E-state index in [9.17, 15) is 0 Å². The second-order valence-corrected chi connectivity index (χ2v) is 5.99. The van der Waals surface area contributed by atoms with E-state index in [0.29, 0.717) is 5.02 Å². The molecule has 0 aliphatic carbocycles. The van der Waals surface area contributed by atoms with Crippen molar-refractivity contribution in [2.24, 2.45) is 7.05 Å². The summed E-state index contributed by atoms with van der Waals surface area (Å²) in [6.07, 6.45) is 1.71. The number of aromatic nitrogens is 2. The zero-order valence-electron chi connectivity index (χ0n) is 12.5. The van der Waals surface area contributed by atoms with Crippen molar-refractivity contribution in [1.82, 2.24) is 15.1 Å². The van der Waals surface area contributed by atoms with Crippen molar-refractivity contribution in [3.63, 3.8) is 0 Å². The number of hydrogen-bond acceptors (Lipinski definition) is 2. The fourth-order valence-electron chi connectivity index (χ4n) is 2.68. The highest BCUT2D eigenvalue weighted by atomic mass is 35.5. The summed E-state index contributed by atoms with van der Waals surface area (Å²) in [5.74, 6) is 0. The quantitative estimate of drug-likeness (QED) is 0.910. The molecule has 3 nitrogen and oxygen atoms in total. The number of likely N-dealkylation sites (N-methyl/N-ethyl adjacent to an activating group) is 1. The molecule has 4 heteroatoms. The first-order chi connectivity index (χ1) is 9.48. The number of nitrogens with one attached hydrogen (secondary N) is 1. The summed E-state index contributed by atoms with van der Waals surface area (Å²) in [5.41, 5.74) is 2.22. The maximum atomic E-state index is 6.35. The molecule has 1 N–H and O–H groups in total. The smallest absolute Gasteiger partial charge is 0.0834 e. The number of nitrogens with zero attached hydrogens (tertiary/aromatic N) is 2. The number of rotatable bonds is 5. The van der Waals surface area contributed by atoms with Gasteiger partial charge in [-0.2, -0.15) is 5.10 Å². The summed E-state index contributed by atoms with van der Waals surface area (Å²) in [4.78, 5) is 0. The predicted octanol–water partition coefficient (Wildman–Crippen LogP) is 3.70. The SMILES string of the molecule is CCNC(c1c(Cl)cnn1C)C(C)(C)c1ccccc1. The van der Waals surface area contributed by atoms with Crippen LogP contribution in [0, 0.1) is 0 Å². The highest BCUT2D eigenvalue weighted by Gasteiger charge is 2.35. The van der Waals surface area contributed by atoms with E-state index < -0.39 is 0 Å². The van der Waals surface area contributed by atoms with E-state index in [1.165, 1.54) is 5.56 Å². The van der Waals surface area contributed by atoms with E-state index in [-0.39, 0.29) is 11.5 Å². The van der Waals surface area contributed by atoms with Gasteiger partial charge in [-0.3, -0.25) is 4.68 Å².